The minimum Gasteiger partial charge on any atom is -0.444 e. The first-order valence-electron chi connectivity index (χ1n) is 13.6. The Labute approximate surface area is 226 Å². The number of ketones is 1. The standard InChI is InChI=1S/C31H42N2O5/c1-6-11-23-14-10-15-25(19-23)20-26(18-22(2)34)28(35)27-29(36)32(21-24-12-8-7-9-13-24)16-17-33(27)30(37)38-31(3,4)5/h7-10,12-15,19,26-28,35H,6,11,16-18,20-21H2,1-5H3/t26-,27-,28-/m0/s1. The van der Waals surface area contributed by atoms with Crippen molar-refractivity contribution in [3.63, 3.8) is 0 Å². The van der Waals surface area contributed by atoms with E-state index in [4.69, 9.17) is 4.74 Å². The van der Waals surface area contributed by atoms with Gasteiger partial charge in [-0.15, -0.1) is 0 Å². The van der Waals surface area contributed by atoms with Crippen molar-refractivity contribution >= 4 is 17.8 Å². The van der Waals surface area contributed by atoms with Crippen LogP contribution in [-0.4, -0.2) is 63.5 Å². The number of aliphatic hydroxyl groups excluding tert-OH is 1. The molecule has 1 aliphatic rings. The van der Waals surface area contributed by atoms with Crippen LogP contribution in [0.3, 0.4) is 0 Å². The largest absolute Gasteiger partial charge is 0.444 e. The van der Waals surface area contributed by atoms with Crippen molar-refractivity contribution in [3.05, 3.63) is 71.3 Å². The molecule has 7 heteroatoms. The second-order valence-electron chi connectivity index (χ2n) is 11.3. The zero-order valence-electron chi connectivity index (χ0n) is 23.4. The molecule has 2 aromatic carbocycles. The van der Waals surface area contributed by atoms with Gasteiger partial charge in [0.1, 0.15) is 17.4 Å². The van der Waals surface area contributed by atoms with Crippen molar-refractivity contribution in [3.8, 4) is 0 Å². The molecule has 0 spiro atoms. The quantitative estimate of drug-likeness (QED) is 0.485. The number of carbonyl (C=O) groups is 3. The fraction of sp³-hybridized carbons (Fsp3) is 0.516. The van der Waals surface area contributed by atoms with E-state index in [0.29, 0.717) is 19.5 Å². The summed E-state index contributed by atoms with van der Waals surface area (Å²) < 4.78 is 5.62. The summed E-state index contributed by atoms with van der Waals surface area (Å²) in [6.45, 7) is 9.85. The van der Waals surface area contributed by atoms with E-state index < -0.39 is 29.8 Å². The summed E-state index contributed by atoms with van der Waals surface area (Å²) in [5.74, 6) is -0.960. The van der Waals surface area contributed by atoms with Crippen molar-refractivity contribution in [1.29, 1.82) is 0 Å². The van der Waals surface area contributed by atoms with Crippen LogP contribution in [0, 0.1) is 5.92 Å². The van der Waals surface area contributed by atoms with Gasteiger partial charge in [-0.25, -0.2) is 4.79 Å². The Morgan fingerprint density at radius 3 is 2.32 bits per heavy atom. The molecule has 3 atom stereocenters. The van der Waals surface area contributed by atoms with Gasteiger partial charge in [-0.3, -0.25) is 9.69 Å². The first-order chi connectivity index (χ1) is 18.0. The molecule has 2 aromatic rings. The lowest BCUT2D eigenvalue weighted by atomic mass is 9.84. The van der Waals surface area contributed by atoms with Crippen molar-refractivity contribution < 1.29 is 24.2 Å². The van der Waals surface area contributed by atoms with Gasteiger partial charge >= 0.3 is 6.09 Å². The lowest BCUT2D eigenvalue weighted by Gasteiger charge is -2.44. The molecule has 1 N–H and O–H groups in total. The number of aliphatic hydroxyl groups is 1. The van der Waals surface area contributed by atoms with Crippen LogP contribution in [0.2, 0.25) is 0 Å². The van der Waals surface area contributed by atoms with Gasteiger partial charge in [0.2, 0.25) is 5.91 Å². The van der Waals surface area contributed by atoms with E-state index in [-0.39, 0.29) is 24.7 Å². The van der Waals surface area contributed by atoms with Gasteiger partial charge in [0.05, 0.1) is 6.10 Å². The Bertz CT molecular complexity index is 1090. The SMILES string of the molecule is CCCc1cccc(C[C@H](CC(C)=O)[C@H](O)[C@H]2C(=O)N(Cc3ccccc3)CCN2C(=O)OC(C)(C)C)c1. The third-order valence-electron chi connectivity index (χ3n) is 6.74. The van der Waals surface area contributed by atoms with E-state index in [1.54, 1.807) is 25.7 Å². The number of piperazine rings is 1. The van der Waals surface area contributed by atoms with Gasteiger partial charge in [-0.1, -0.05) is 67.9 Å². The van der Waals surface area contributed by atoms with E-state index in [9.17, 15) is 19.5 Å². The molecule has 38 heavy (non-hydrogen) atoms. The summed E-state index contributed by atoms with van der Waals surface area (Å²) in [7, 11) is 0. The van der Waals surface area contributed by atoms with Crippen LogP contribution in [-0.2, 0) is 33.7 Å². The van der Waals surface area contributed by atoms with Crippen LogP contribution in [0.15, 0.2) is 54.6 Å². The predicted octanol–water partition coefficient (Wildman–Crippen LogP) is 4.79. The number of hydrogen-bond donors (Lipinski definition) is 1. The topological polar surface area (TPSA) is 87.2 Å². The van der Waals surface area contributed by atoms with Crippen LogP contribution < -0.4 is 0 Å². The molecule has 1 heterocycles. The van der Waals surface area contributed by atoms with Gasteiger partial charge in [0.25, 0.3) is 0 Å². The summed E-state index contributed by atoms with van der Waals surface area (Å²) in [4.78, 5) is 42.4. The molecule has 0 aromatic heterocycles. The molecule has 1 aliphatic heterocycles. The fourth-order valence-electron chi connectivity index (χ4n) is 5.06. The number of ether oxygens (including phenoxy) is 1. The van der Waals surface area contributed by atoms with Crippen molar-refractivity contribution in [2.45, 2.75) is 84.6 Å². The summed E-state index contributed by atoms with van der Waals surface area (Å²) in [5.41, 5.74) is 2.40. The van der Waals surface area contributed by atoms with Gasteiger partial charge in [0, 0.05) is 26.1 Å². The van der Waals surface area contributed by atoms with E-state index in [2.05, 4.69) is 19.1 Å². The highest BCUT2D eigenvalue weighted by Gasteiger charge is 2.45. The molecule has 1 saturated heterocycles. The fourth-order valence-corrected chi connectivity index (χ4v) is 5.06. The molecular formula is C31H42N2O5. The number of nitrogens with zero attached hydrogens (tertiary/aromatic N) is 2. The van der Waals surface area contributed by atoms with Gasteiger partial charge in [0.15, 0.2) is 0 Å². The van der Waals surface area contributed by atoms with Crippen LogP contribution in [0.5, 0.6) is 0 Å². The Morgan fingerprint density at radius 2 is 1.68 bits per heavy atom. The monoisotopic (exact) mass is 522 g/mol. The molecule has 0 saturated carbocycles. The average molecular weight is 523 g/mol. The third-order valence-corrected chi connectivity index (χ3v) is 6.74. The highest BCUT2D eigenvalue weighted by atomic mass is 16.6. The van der Waals surface area contributed by atoms with Gasteiger partial charge in [-0.05, 0) is 63.1 Å². The lowest BCUT2D eigenvalue weighted by Crippen LogP contribution is -2.64. The van der Waals surface area contributed by atoms with Crippen molar-refractivity contribution in [2.24, 2.45) is 5.92 Å². The Morgan fingerprint density at radius 1 is 1.03 bits per heavy atom. The minimum atomic E-state index is -1.24. The molecule has 0 radical (unpaired) electrons. The zero-order chi connectivity index (χ0) is 27.9. The normalized spacial score (nSPS) is 17.7. The molecule has 0 aliphatic carbocycles. The van der Waals surface area contributed by atoms with E-state index in [0.717, 1.165) is 24.0 Å². The van der Waals surface area contributed by atoms with Crippen LogP contribution in [0.1, 0.15) is 64.2 Å². The lowest BCUT2D eigenvalue weighted by molar-refractivity contribution is -0.150. The van der Waals surface area contributed by atoms with E-state index in [1.807, 2.05) is 42.5 Å². The second-order valence-corrected chi connectivity index (χ2v) is 11.3. The summed E-state index contributed by atoms with van der Waals surface area (Å²) in [6.07, 6.45) is 0.595. The number of hydrogen-bond acceptors (Lipinski definition) is 5. The summed E-state index contributed by atoms with van der Waals surface area (Å²) in [5, 5.41) is 11.7. The van der Waals surface area contributed by atoms with Crippen molar-refractivity contribution in [2.75, 3.05) is 13.1 Å². The predicted molar refractivity (Wildman–Crippen MR) is 148 cm³/mol. The Hall–Kier alpha value is -3.19. The second kappa shape index (κ2) is 13.1. The molecule has 3 rings (SSSR count). The average Bonchev–Trinajstić information content (AvgIpc) is 2.84. The van der Waals surface area contributed by atoms with E-state index in [1.165, 1.54) is 17.4 Å². The first kappa shape index (κ1) is 29.4. The van der Waals surface area contributed by atoms with Crippen molar-refractivity contribution in [1.82, 2.24) is 9.80 Å². The van der Waals surface area contributed by atoms with Crippen LogP contribution in [0.25, 0.3) is 0 Å². The Kier molecular flexibility index (Phi) is 10.1. The summed E-state index contributed by atoms with van der Waals surface area (Å²) >= 11 is 0. The number of benzene rings is 2. The maximum Gasteiger partial charge on any atom is 0.411 e. The highest BCUT2D eigenvalue weighted by molar-refractivity contribution is 5.88. The smallest absolute Gasteiger partial charge is 0.411 e. The number of aryl methyl sites for hydroxylation is 1. The number of amides is 2. The maximum atomic E-state index is 13.9. The Balaban J connectivity index is 1.93. The molecular weight excluding hydrogens is 480 g/mol. The third kappa shape index (κ3) is 8.15. The van der Waals surface area contributed by atoms with Gasteiger partial charge < -0.3 is 19.5 Å². The molecule has 0 bridgehead atoms. The molecule has 0 unspecified atom stereocenters. The highest BCUT2D eigenvalue weighted by Crippen LogP contribution is 2.28. The molecule has 2 amide bonds. The summed E-state index contributed by atoms with van der Waals surface area (Å²) in [6, 6.07) is 16.6. The molecule has 1 fully saturated rings. The molecule has 7 nitrogen and oxygen atoms in total. The number of carbonyl (C=O) groups excluding carboxylic acids is 3. The van der Waals surface area contributed by atoms with E-state index >= 15 is 0 Å². The molecule has 206 valence electrons. The number of Topliss-reactive ketones (excluding diaryl/α,β-unsaturated/α-hetero) is 1. The van der Waals surface area contributed by atoms with Gasteiger partial charge in [-0.2, -0.15) is 0 Å². The zero-order valence-corrected chi connectivity index (χ0v) is 23.4. The maximum absolute atomic E-state index is 13.9. The van der Waals surface area contributed by atoms with Crippen LogP contribution in [0.4, 0.5) is 4.79 Å². The first-order valence-corrected chi connectivity index (χ1v) is 13.6. The number of rotatable bonds is 10. The minimum absolute atomic E-state index is 0.0769. The van der Waals surface area contributed by atoms with Crippen LogP contribution >= 0.6 is 0 Å².